The number of phenolic OH excluding ortho intramolecular Hbond substituents is 1. The average Bonchev–Trinajstić information content (AvgIpc) is 2.87. The van der Waals surface area contributed by atoms with E-state index in [-0.39, 0.29) is 33.0 Å². The van der Waals surface area contributed by atoms with Crippen molar-refractivity contribution in [3.8, 4) is 5.75 Å². The smallest absolute Gasteiger partial charge is 0.293 e. The summed E-state index contributed by atoms with van der Waals surface area (Å²) in [6, 6.07) is 8.99. The first-order chi connectivity index (χ1) is 12.8. The van der Waals surface area contributed by atoms with E-state index >= 15 is 0 Å². The Morgan fingerprint density at radius 1 is 1.07 bits per heavy atom. The Hall–Kier alpha value is -1.99. The van der Waals surface area contributed by atoms with E-state index in [0.29, 0.717) is 27.9 Å². The number of aromatic hydroxyl groups is 1. The van der Waals surface area contributed by atoms with Gasteiger partial charge in [-0.3, -0.25) is 19.3 Å². The van der Waals surface area contributed by atoms with E-state index in [0.717, 1.165) is 4.90 Å². The highest BCUT2D eigenvalue weighted by Crippen LogP contribution is 2.36. The van der Waals surface area contributed by atoms with Crippen molar-refractivity contribution < 1.29 is 19.5 Å². The van der Waals surface area contributed by atoms with Crippen LogP contribution in [0.15, 0.2) is 41.3 Å². The molecule has 2 amide bonds. The second-order valence-electron chi connectivity index (χ2n) is 5.53. The number of imide groups is 1. The van der Waals surface area contributed by atoms with Crippen molar-refractivity contribution in [3.63, 3.8) is 0 Å². The zero-order valence-corrected chi connectivity index (χ0v) is 16.5. The summed E-state index contributed by atoms with van der Waals surface area (Å²) >= 11 is 18.2. The number of benzene rings is 2. The van der Waals surface area contributed by atoms with Crippen LogP contribution in [0.4, 0.5) is 4.79 Å². The van der Waals surface area contributed by atoms with Gasteiger partial charge in [-0.2, -0.15) is 0 Å². The molecule has 0 aliphatic carbocycles. The molecular weight excluding hydrogens is 433 g/mol. The molecule has 5 nitrogen and oxygen atoms in total. The van der Waals surface area contributed by atoms with Gasteiger partial charge in [0, 0.05) is 10.6 Å². The molecule has 1 N–H and O–H groups in total. The molecule has 9 heteroatoms. The number of nitrogens with zero attached hydrogens (tertiary/aromatic N) is 1. The molecule has 3 rings (SSSR count). The normalized spacial score (nSPS) is 15.7. The van der Waals surface area contributed by atoms with Crippen LogP contribution in [0.5, 0.6) is 5.75 Å². The molecule has 2 aromatic carbocycles. The van der Waals surface area contributed by atoms with Crippen LogP contribution in [0, 0.1) is 0 Å². The molecule has 1 aliphatic heterocycles. The maximum atomic E-state index is 12.5. The number of Topliss-reactive ketones (excluding diaryl/α,β-unsaturated/α-hetero) is 1. The van der Waals surface area contributed by atoms with E-state index in [1.54, 1.807) is 12.1 Å². The molecule has 0 spiro atoms. The summed E-state index contributed by atoms with van der Waals surface area (Å²) in [6.45, 7) is -0.374. The van der Waals surface area contributed by atoms with Crippen LogP contribution in [0.3, 0.4) is 0 Å². The van der Waals surface area contributed by atoms with Crippen LogP contribution in [-0.4, -0.2) is 33.5 Å². The van der Waals surface area contributed by atoms with Gasteiger partial charge in [-0.1, -0.05) is 34.8 Å². The molecule has 27 heavy (non-hydrogen) atoms. The lowest BCUT2D eigenvalue weighted by atomic mass is 10.1. The van der Waals surface area contributed by atoms with Crippen molar-refractivity contribution in [3.05, 3.63) is 67.5 Å². The summed E-state index contributed by atoms with van der Waals surface area (Å²) in [4.78, 5) is 38.0. The van der Waals surface area contributed by atoms with Gasteiger partial charge >= 0.3 is 0 Å². The van der Waals surface area contributed by atoms with Crippen LogP contribution >= 0.6 is 46.6 Å². The van der Waals surface area contributed by atoms with Gasteiger partial charge in [-0.15, -0.1) is 0 Å². The number of amides is 2. The van der Waals surface area contributed by atoms with Crippen molar-refractivity contribution in [2.24, 2.45) is 0 Å². The number of hydrogen-bond donors (Lipinski definition) is 1. The summed E-state index contributed by atoms with van der Waals surface area (Å²) in [5, 5.41) is 9.55. The largest absolute Gasteiger partial charge is 0.505 e. The average molecular weight is 443 g/mol. The van der Waals surface area contributed by atoms with E-state index in [9.17, 15) is 19.5 Å². The van der Waals surface area contributed by atoms with Crippen LogP contribution in [-0.2, 0) is 4.79 Å². The van der Waals surface area contributed by atoms with Gasteiger partial charge in [0.2, 0.25) is 0 Å². The van der Waals surface area contributed by atoms with Crippen molar-refractivity contribution in [1.82, 2.24) is 4.90 Å². The molecule has 0 saturated carbocycles. The number of carbonyl (C=O) groups excluding carboxylic acids is 3. The predicted molar refractivity (Wildman–Crippen MR) is 107 cm³/mol. The molecule has 0 unspecified atom stereocenters. The molecule has 0 aromatic heterocycles. The van der Waals surface area contributed by atoms with Crippen LogP contribution in [0.2, 0.25) is 15.1 Å². The number of phenols is 1. The zero-order valence-electron chi connectivity index (χ0n) is 13.4. The highest BCUT2D eigenvalue weighted by atomic mass is 35.5. The number of halogens is 3. The fraction of sp³-hybridized carbons (Fsp3) is 0.0556. The summed E-state index contributed by atoms with van der Waals surface area (Å²) < 4.78 is 0. The maximum Gasteiger partial charge on any atom is 0.293 e. The summed E-state index contributed by atoms with van der Waals surface area (Å²) in [6.07, 6.45) is 1.43. The minimum absolute atomic E-state index is 0.0193. The fourth-order valence-corrected chi connectivity index (χ4v) is 3.80. The van der Waals surface area contributed by atoms with Crippen LogP contribution in [0.25, 0.3) is 6.08 Å². The number of carbonyl (C=O) groups is 3. The molecule has 1 saturated heterocycles. The van der Waals surface area contributed by atoms with Gasteiger partial charge in [-0.05, 0) is 59.8 Å². The Morgan fingerprint density at radius 2 is 1.67 bits per heavy atom. The molecule has 1 fully saturated rings. The van der Waals surface area contributed by atoms with Gasteiger partial charge in [0.15, 0.2) is 11.5 Å². The first-order valence-corrected chi connectivity index (χ1v) is 9.43. The van der Waals surface area contributed by atoms with E-state index in [1.807, 2.05) is 0 Å². The highest BCUT2D eigenvalue weighted by molar-refractivity contribution is 8.18. The Kier molecular flexibility index (Phi) is 5.81. The lowest BCUT2D eigenvalue weighted by Gasteiger charge is -2.11. The lowest BCUT2D eigenvalue weighted by molar-refractivity contribution is -0.122. The lowest BCUT2D eigenvalue weighted by Crippen LogP contribution is -2.33. The number of hydrogen-bond acceptors (Lipinski definition) is 5. The Bertz CT molecular complexity index is 966. The third-order valence-corrected chi connectivity index (χ3v) is 5.41. The molecule has 0 bridgehead atoms. The predicted octanol–water partition coefficient (Wildman–Crippen LogP) is 5.27. The minimum Gasteiger partial charge on any atom is -0.505 e. The standard InChI is InChI=1S/C18H10Cl3NO4S/c19-11-3-1-10(2-4-11)14(23)8-22-17(25)15(27-18(22)26)7-9-5-12(20)16(24)13(21)6-9/h1-7,24H,8H2/b15-7-. The van der Waals surface area contributed by atoms with Crippen LogP contribution in [0.1, 0.15) is 15.9 Å². The van der Waals surface area contributed by atoms with Crippen molar-refractivity contribution in [2.75, 3.05) is 6.54 Å². The van der Waals surface area contributed by atoms with E-state index in [1.165, 1.54) is 30.3 Å². The monoisotopic (exact) mass is 441 g/mol. The van der Waals surface area contributed by atoms with E-state index < -0.39 is 11.1 Å². The van der Waals surface area contributed by atoms with Crippen LogP contribution < -0.4 is 0 Å². The molecule has 1 heterocycles. The first-order valence-electron chi connectivity index (χ1n) is 7.48. The number of thioether (sulfide) groups is 1. The summed E-state index contributed by atoms with van der Waals surface area (Å²) in [5.41, 5.74) is 0.789. The van der Waals surface area contributed by atoms with E-state index in [2.05, 4.69) is 0 Å². The minimum atomic E-state index is -0.590. The molecule has 0 radical (unpaired) electrons. The topological polar surface area (TPSA) is 74.7 Å². The molecular formula is C18H10Cl3NO4S. The zero-order chi connectivity index (χ0) is 19.7. The van der Waals surface area contributed by atoms with Crippen molar-refractivity contribution >= 4 is 69.6 Å². The third-order valence-electron chi connectivity index (χ3n) is 3.68. The third kappa shape index (κ3) is 4.30. The van der Waals surface area contributed by atoms with Gasteiger partial charge in [0.1, 0.15) is 0 Å². The van der Waals surface area contributed by atoms with Gasteiger partial charge in [-0.25, -0.2) is 0 Å². The Morgan fingerprint density at radius 3 is 2.26 bits per heavy atom. The second kappa shape index (κ2) is 7.94. The van der Waals surface area contributed by atoms with E-state index in [4.69, 9.17) is 34.8 Å². The summed E-state index contributed by atoms with van der Waals surface area (Å²) in [7, 11) is 0. The summed E-state index contributed by atoms with van der Waals surface area (Å²) in [5.74, 6) is -1.24. The highest BCUT2D eigenvalue weighted by Gasteiger charge is 2.36. The second-order valence-corrected chi connectivity index (χ2v) is 7.78. The van der Waals surface area contributed by atoms with Gasteiger partial charge < -0.3 is 5.11 Å². The molecule has 1 aliphatic rings. The number of ketones is 1. The quantitative estimate of drug-likeness (QED) is 0.515. The molecule has 0 atom stereocenters. The SMILES string of the molecule is O=C(CN1C(=O)S/C(=C\c2cc(Cl)c(O)c(Cl)c2)C1=O)c1ccc(Cl)cc1. The Labute approximate surface area is 173 Å². The van der Waals surface area contributed by atoms with Crippen molar-refractivity contribution in [1.29, 1.82) is 0 Å². The fourth-order valence-electron chi connectivity index (χ4n) is 2.33. The maximum absolute atomic E-state index is 12.5. The molecule has 138 valence electrons. The van der Waals surface area contributed by atoms with Crippen molar-refractivity contribution in [2.45, 2.75) is 0 Å². The Balaban J connectivity index is 1.80. The number of rotatable bonds is 4. The first kappa shape index (κ1) is 19.8. The molecule has 2 aromatic rings. The van der Waals surface area contributed by atoms with Gasteiger partial charge in [0.25, 0.3) is 11.1 Å². The van der Waals surface area contributed by atoms with Gasteiger partial charge in [0.05, 0.1) is 21.5 Å².